The average Bonchev–Trinajstić information content (AvgIpc) is 2.86. The van der Waals surface area contributed by atoms with E-state index < -0.39 is 0 Å². The summed E-state index contributed by atoms with van der Waals surface area (Å²) >= 11 is 0. The van der Waals surface area contributed by atoms with Gasteiger partial charge in [0, 0.05) is 0 Å². The van der Waals surface area contributed by atoms with Crippen molar-refractivity contribution in [1.29, 1.82) is 0 Å². The Morgan fingerprint density at radius 2 is 1.56 bits per heavy atom. The van der Waals surface area contributed by atoms with E-state index in [1.54, 1.807) is 12.2 Å². The predicted molar refractivity (Wildman–Crippen MR) is 55.0 cm³/mol. The fourth-order valence-corrected chi connectivity index (χ4v) is 1.84. The zero-order valence-electron chi connectivity index (χ0n) is 8.23. The second-order valence-electron chi connectivity index (χ2n) is 3.55. The Hall–Kier alpha value is -2.30. The second-order valence-corrected chi connectivity index (χ2v) is 3.55. The Morgan fingerprint density at radius 1 is 1.00 bits per heavy atom. The molecule has 0 spiro atoms. The number of carbonyl (C=O) groups excluding carboxylic acids is 2. The molecule has 0 saturated heterocycles. The number of hydrogen-bond acceptors (Lipinski definition) is 4. The van der Waals surface area contributed by atoms with Crippen LogP contribution < -0.4 is 0 Å². The van der Waals surface area contributed by atoms with Gasteiger partial charge in [-0.25, -0.2) is 0 Å². The Labute approximate surface area is 90.5 Å². The van der Waals surface area contributed by atoms with Crippen LogP contribution in [0, 0.1) is 0 Å². The lowest BCUT2D eigenvalue weighted by molar-refractivity contribution is 0.0983. The van der Waals surface area contributed by atoms with Crippen molar-refractivity contribution < 1.29 is 9.59 Å². The summed E-state index contributed by atoms with van der Waals surface area (Å²) in [6.45, 7) is 0. The van der Waals surface area contributed by atoms with Crippen LogP contribution in [0.5, 0.6) is 0 Å². The highest BCUT2D eigenvalue weighted by Crippen LogP contribution is 2.27. The summed E-state index contributed by atoms with van der Waals surface area (Å²) in [7, 11) is 0. The van der Waals surface area contributed by atoms with Gasteiger partial charge in [-0.3, -0.25) is 9.59 Å². The first-order chi connectivity index (χ1) is 7.79. The number of allylic oxidation sites excluding steroid dienone is 6. The van der Waals surface area contributed by atoms with Crippen molar-refractivity contribution in [3.8, 4) is 0 Å². The molecule has 1 aromatic heterocycles. The summed E-state index contributed by atoms with van der Waals surface area (Å²) in [6, 6.07) is 0. The third-order valence-corrected chi connectivity index (χ3v) is 2.59. The topological polar surface area (TPSA) is 75.7 Å². The van der Waals surface area contributed by atoms with Crippen LogP contribution in [0.15, 0.2) is 35.5 Å². The number of nitrogens with zero attached hydrogens (tertiary/aromatic N) is 2. The molecule has 0 atom stereocenters. The largest absolute Gasteiger partial charge is 0.287 e. The molecule has 0 fully saturated rings. The van der Waals surface area contributed by atoms with Crippen molar-refractivity contribution in [2.75, 3.05) is 0 Å². The Balaban J connectivity index is 2.20. The lowest BCUT2D eigenvalue weighted by atomic mass is 10.0. The Morgan fingerprint density at radius 3 is 2.12 bits per heavy atom. The molecule has 0 aliphatic heterocycles. The third kappa shape index (κ3) is 1.05. The molecular weight excluding hydrogens is 206 g/mol. The predicted octanol–water partition coefficient (Wildman–Crippen LogP) is 0.996. The minimum absolute atomic E-state index is 0.125. The highest BCUT2D eigenvalue weighted by molar-refractivity contribution is 6.38. The number of fused-ring (bicyclic) bond motifs is 1. The molecule has 0 amide bonds. The maximum absolute atomic E-state index is 11.9. The fraction of sp³-hybridized carbons (Fsp3) is 0.0909. The average molecular weight is 213 g/mol. The SMILES string of the molecule is O=C1C(=C2C=CCC=C2)C(=O)c2n[nH]nc21. The van der Waals surface area contributed by atoms with Crippen molar-refractivity contribution in [3.63, 3.8) is 0 Å². The van der Waals surface area contributed by atoms with Crippen LogP contribution in [0.25, 0.3) is 0 Å². The van der Waals surface area contributed by atoms with Gasteiger partial charge in [0.05, 0.1) is 5.57 Å². The van der Waals surface area contributed by atoms with Gasteiger partial charge in [0.25, 0.3) is 0 Å². The molecule has 0 aromatic carbocycles. The highest BCUT2D eigenvalue weighted by Gasteiger charge is 2.38. The molecule has 1 aromatic rings. The summed E-state index contributed by atoms with van der Waals surface area (Å²) in [5, 5.41) is 9.65. The zero-order chi connectivity index (χ0) is 11.1. The van der Waals surface area contributed by atoms with Crippen molar-refractivity contribution in [1.82, 2.24) is 15.4 Å². The standard InChI is InChI=1S/C11H7N3O2/c15-10-7(6-4-2-1-3-5-6)11(16)9-8(10)12-14-13-9/h2-5H,1H2,(H,12,13,14). The second kappa shape index (κ2) is 3.10. The number of H-pyrrole nitrogens is 1. The maximum atomic E-state index is 11.9. The van der Waals surface area contributed by atoms with Crippen LogP contribution >= 0.6 is 0 Å². The first-order valence-corrected chi connectivity index (χ1v) is 4.86. The van der Waals surface area contributed by atoms with Crippen LogP contribution in [0.2, 0.25) is 0 Å². The lowest BCUT2D eigenvalue weighted by Crippen LogP contribution is -2.06. The van der Waals surface area contributed by atoms with Gasteiger partial charge in [0.2, 0.25) is 11.6 Å². The molecule has 5 nitrogen and oxygen atoms in total. The summed E-state index contributed by atoms with van der Waals surface area (Å²) in [4.78, 5) is 23.8. The van der Waals surface area contributed by atoms with E-state index in [-0.39, 0.29) is 28.5 Å². The first-order valence-electron chi connectivity index (χ1n) is 4.86. The van der Waals surface area contributed by atoms with Crippen LogP contribution in [-0.4, -0.2) is 27.0 Å². The molecule has 16 heavy (non-hydrogen) atoms. The van der Waals surface area contributed by atoms with Crippen molar-refractivity contribution in [3.05, 3.63) is 46.8 Å². The van der Waals surface area contributed by atoms with Gasteiger partial charge in [0.15, 0.2) is 11.4 Å². The quantitative estimate of drug-likeness (QED) is 0.515. The van der Waals surface area contributed by atoms with E-state index in [0.29, 0.717) is 5.57 Å². The molecule has 0 unspecified atom stereocenters. The van der Waals surface area contributed by atoms with Crippen LogP contribution in [-0.2, 0) is 0 Å². The molecule has 3 rings (SSSR count). The van der Waals surface area contributed by atoms with E-state index in [9.17, 15) is 9.59 Å². The lowest BCUT2D eigenvalue weighted by Gasteiger charge is -2.02. The molecule has 1 heterocycles. The summed E-state index contributed by atoms with van der Waals surface area (Å²) in [6.07, 6.45) is 8.18. The molecule has 78 valence electrons. The highest BCUT2D eigenvalue weighted by atomic mass is 16.2. The molecular formula is C11H7N3O2. The van der Waals surface area contributed by atoms with Gasteiger partial charge < -0.3 is 0 Å². The minimum atomic E-state index is -0.347. The molecule has 0 saturated carbocycles. The number of ketones is 2. The number of Topliss-reactive ketones (excluding diaryl/α,β-unsaturated/α-hetero) is 2. The smallest absolute Gasteiger partial charge is 0.220 e. The van der Waals surface area contributed by atoms with Crippen LogP contribution in [0.1, 0.15) is 27.4 Å². The number of aromatic amines is 1. The van der Waals surface area contributed by atoms with Gasteiger partial charge >= 0.3 is 0 Å². The summed E-state index contributed by atoms with van der Waals surface area (Å²) in [5.74, 6) is -0.695. The van der Waals surface area contributed by atoms with E-state index in [1.165, 1.54) is 0 Å². The molecule has 1 N–H and O–H groups in total. The first kappa shape index (κ1) is 8.96. The normalized spacial score (nSPS) is 18.5. The van der Waals surface area contributed by atoms with Crippen molar-refractivity contribution >= 4 is 11.6 Å². The van der Waals surface area contributed by atoms with Crippen molar-refractivity contribution in [2.45, 2.75) is 6.42 Å². The molecule has 2 aliphatic carbocycles. The van der Waals surface area contributed by atoms with E-state index in [0.717, 1.165) is 6.42 Å². The molecule has 5 heteroatoms. The zero-order valence-corrected chi connectivity index (χ0v) is 8.23. The third-order valence-electron chi connectivity index (χ3n) is 2.59. The molecule has 2 aliphatic rings. The van der Waals surface area contributed by atoms with Gasteiger partial charge in [-0.05, 0) is 12.0 Å². The van der Waals surface area contributed by atoms with Gasteiger partial charge in [-0.15, -0.1) is 0 Å². The summed E-state index contributed by atoms with van der Waals surface area (Å²) < 4.78 is 0. The van der Waals surface area contributed by atoms with E-state index in [4.69, 9.17) is 0 Å². The fourth-order valence-electron chi connectivity index (χ4n) is 1.84. The number of rotatable bonds is 0. The molecule has 0 radical (unpaired) electrons. The monoisotopic (exact) mass is 213 g/mol. The van der Waals surface area contributed by atoms with E-state index >= 15 is 0 Å². The van der Waals surface area contributed by atoms with Crippen LogP contribution in [0.4, 0.5) is 0 Å². The number of hydrogen-bond donors (Lipinski definition) is 1. The van der Waals surface area contributed by atoms with Crippen molar-refractivity contribution in [2.24, 2.45) is 0 Å². The van der Waals surface area contributed by atoms with Crippen LogP contribution in [0.3, 0.4) is 0 Å². The number of aromatic nitrogens is 3. The van der Waals surface area contributed by atoms with Gasteiger partial charge in [-0.2, -0.15) is 15.4 Å². The Kier molecular flexibility index (Phi) is 1.73. The summed E-state index contributed by atoms with van der Waals surface area (Å²) in [5.41, 5.74) is 1.06. The minimum Gasteiger partial charge on any atom is -0.287 e. The van der Waals surface area contributed by atoms with Gasteiger partial charge in [0.1, 0.15) is 0 Å². The van der Waals surface area contributed by atoms with E-state index in [2.05, 4.69) is 15.4 Å². The maximum Gasteiger partial charge on any atom is 0.220 e. The number of carbonyl (C=O) groups is 2. The Bertz CT molecular complexity index is 544. The number of nitrogens with one attached hydrogen (secondary N) is 1. The van der Waals surface area contributed by atoms with Gasteiger partial charge in [-0.1, -0.05) is 24.3 Å². The molecule has 0 bridgehead atoms. The van der Waals surface area contributed by atoms with E-state index in [1.807, 2.05) is 12.2 Å².